The third-order valence-electron chi connectivity index (χ3n) is 0.476. The Hall–Kier alpha value is 0.240. The van der Waals surface area contributed by atoms with Crippen LogP contribution in [-0.2, 0) is 0 Å². The molecule has 3 heteroatoms. The van der Waals surface area contributed by atoms with E-state index in [-0.39, 0.29) is 0 Å². The molecule has 0 spiro atoms. The first-order chi connectivity index (χ1) is 2.89. The number of hydrogen-bond donors (Lipinski definition) is 1. The van der Waals surface area contributed by atoms with Crippen molar-refractivity contribution in [3.05, 3.63) is 11.1 Å². The zero-order chi connectivity index (χ0) is 4.41. The Labute approximate surface area is 45.1 Å². The molecule has 6 heavy (non-hydrogen) atoms. The number of allylic oxidation sites excluding steroid dienone is 1. The molecule has 0 aromatic rings. The first kappa shape index (κ1) is 4.40. The smallest absolute Gasteiger partial charge is 0.0260 e. The summed E-state index contributed by atoms with van der Waals surface area (Å²) in [5.74, 6) is 0. The van der Waals surface area contributed by atoms with Gasteiger partial charge in [0, 0.05) is 22.1 Å². The molecule has 1 N–H and O–H groups in total. The molecule has 0 bridgehead atoms. The van der Waals surface area contributed by atoms with Gasteiger partial charge in [-0.25, -0.2) is 0 Å². The first-order valence-corrected chi connectivity index (χ1v) is 3.86. The van der Waals surface area contributed by atoms with Gasteiger partial charge in [-0.05, 0) is 17.7 Å². The highest BCUT2D eigenvalue weighted by Gasteiger charge is 1.94. The fraction of sp³-hybridized carbons (Fsp3) is 0.333. The van der Waals surface area contributed by atoms with Gasteiger partial charge in [-0.3, -0.25) is 0 Å². The van der Waals surface area contributed by atoms with Crippen molar-refractivity contribution in [3.8, 4) is 0 Å². The maximum absolute atomic E-state index is 3.06. The van der Waals surface area contributed by atoms with Crippen LogP contribution in [0.4, 0.5) is 0 Å². The summed E-state index contributed by atoms with van der Waals surface area (Å²) >= 11 is 0. The molecule has 0 saturated carbocycles. The summed E-state index contributed by atoms with van der Waals surface area (Å²) in [5.41, 5.74) is 1.25. The second-order valence-corrected chi connectivity index (χ2v) is 2.96. The number of nitrogens with one attached hydrogen (secondary N) is 1. The predicted molar refractivity (Wildman–Crippen MR) is 32.1 cm³/mol. The Morgan fingerprint density at radius 3 is 2.83 bits per heavy atom. The lowest BCUT2D eigenvalue weighted by atomic mass is 10.6. The topological polar surface area (TPSA) is 12.0 Å². The summed E-state index contributed by atoms with van der Waals surface area (Å²) in [6, 6.07) is 0. The van der Waals surface area contributed by atoms with E-state index in [9.17, 15) is 0 Å². The van der Waals surface area contributed by atoms with Gasteiger partial charge in [0.1, 0.15) is 0 Å². The highest BCUT2D eigenvalue weighted by molar-refractivity contribution is 8.77. The molecule has 0 unspecified atom stereocenters. The van der Waals surface area contributed by atoms with E-state index in [1.165, 1.54) is 5.70 Å². The van der Waals surface area contributed by atoms with Crippen LogP contribution in [0, 0.1) is 0 Å². The fourth-order valence-corrected chi connectivity index (χ4v) is 1.89. The van der Waals surface area contributed by atoms with Gasteiger partial charge in [0.25, 0.3) is 0 Å². The number of hydrogen-bond acceptors (Lipinski definition) is 3. The van der Waals surface area contributed by atoms with Gasteiger partial charge in [0.2, 0.25) is 0 Å². The Bertz CT molecular complexity index is 78.9. The third kappa shape index (κ3) is 0.849. The van der Waals surface area contributed by atoms with E-state index < -0.39 is 0 Å². The summed E-state index contributed by atoms with van der Waals surface area (Å²) in [5, 5.41) is 2.09. The fourth-order valence-electron chi connectivity index (χ4n) is 0.210. The molecule has 1 heterocycles. The van der Waals surface area contributed by atoms with Gasteiger partial charge in [0.15, 0.2) is 0 Å². The van der Waals surface area contributed by atoms with Gasteiger partial charge >= 0.3 is 0 Å². The molecular formula is C3H5NS2. The molecule has 1 rings (SSSR count). The van der Waals surface area contributed by atoms with E-state index in [1.54, 1.807) is 21.8 Å². The van der Waals surface area contributed by atoms with E-state index in [2.05, 4.69) is 10.1 Å². The zero-order valence-electron chi connectivity index (χ0n) is 3.39. The van der Waals surface area contributed by atoms with Crippen molar-refractivity contribution in [2.75, 3.05) is 0 Å². The quantitative estimate of drug-likeness (QED) is 0.385. The van der Waals surface area contributed by atoms with Gasteiger partial charge in [-0.2, -0.15) is 0 Å². The zero-order valence-corrected chi connectivity index (χ0v) is 5.03. The molecule has 1 aliphatic heterocycles. The average molecular weight is 119 g/mol. The van der Waals surface area contributed by atoms with Crippen LogP contribution in [0.25, 0.3) is 0 Å². The second kappa shape index (κ2) is 1.80. The highest BCUT2D eigenvalue weighted by atomic mass is 33.1. The molecule has 0 saturated heterocycles. The molecule has 0 aliphatic carbocycles. The summed E-state index contributed by atoms with van der Waals surface area (Å²) in [6.07, 6.45) is 0. The van der Waals surface area contributed by atoms with Crippen LogP contribution in [0.15, 0.2) is 11.1 Å². The minimum Gasteiger partial charge on any atom is -0.324 e. The lowest BCUT2D eigenvalue weighted by Gasteiger charge is -1.85. The van der Waals surface area contributed by atoms with Crippen molar-refractivity contribution < 1.29 is 0 Å². The van der Waals surface area contributed by atoms with Crippen LogP contribution in [0.2, 0.25) is 0 Å². The summed E-state index contributed by atoms with van der Waals surface area (Å²) in [7, 11) is 3.38. The molecular weight excluding hydrogens is 114 g/mol. The normalized spacial score (nSPS) is 19.8. The number of rotatable bonds is 0. The minimum absolute atomic E-state index is 1.25. The predicted octanol–water partition coefficient (Wildman–Crippen LogP) is 1.75. The molecule has 1 nitrogen and oxygen atoms in total. The lowest BCUT2D eigenvalue weighted by Crippen LogP contribution is -1.88. The van der Waals surface area contributed by atoms with Gasteiger partial charge in [0.05, 0.1) is 0 Å². The lowest BCUT2D eigenvalue weighted by molar-refractivity contribution is 1.23. The van der Waals surface area contributed by atoms with E-state index in [0.29, 0.717) is 0 Å². The van der Waals surface area contributed by atoms with Crippen molar-refractivity contribution in [3.63, 3.8) is 0 Å². The Morgan fingerprint density at radius 1 is 1.83 bits per heavy atom. The van der Waals surface area contributed by atoms with Crippen molar-refractivity contribution in [2.45, 2.75) is 6.92 Å². The highest BCUT2D eigenvalue weighted by Crippen LogP contribution is 2.27. The monoisotopic (exact) mass is 119 g/mol. The molecule has 0 fully saturated rings. The van der Waals surface area contributed by atoms with E-state index >= 15 is 0 Å². The molecule has 0 amide bonds. The molecule has 0 aromatic carbocycles. The van der Waals surface area contributed by atoms with Crippen molar-refractivity contribution >= 4 is 21.8 Å². The minimum atomic E-state index is 1.25. The van der Waals surface area contributed by atoms with E-state index in [4.69, 9.17) is 0 Å². The van der Waals surface area contributed by atoms with Crippen LogP contribution in [-0.4, -0.2) is 0 Å². The molecule has 1 aliphatic rings. The standard InChI is InChI=1S/C3H5NS2/c1-3-2-5-6-4-3/h2,4H,1H3. The largest absolute Gasteiger partial charge is 0.324 e. The third-order valence-corrected chi connectivity index (χ3v) is 2.25. The van der Waals surface area contributed by atoms with Crippen LogP contribution in [0.3, 0.4) is 0 Å². The van der Waals surface area contributed by atoms with Gasteiger partial charge in [-0.15, -0.1) is 0 Å². The molecule has 0 atom stereocenters. The van der Waals surface area contributed by atoms with Crippen molar-refractivity contribution in [2.24, 2.45) is 0 Å². The SMILES string of the molecule is CC1=CSSN1. The summed E-state index contributed by atoms with van der Waals surface area (Å²) in [6.45, 7) is 2.05. The summed E-state index contributed by atoms with van der Waals surface area (Å²) in [4.78, 5) is 0. The van der Waals surface area contributed by atoms with Gasteiger partial charge < -0.3 is 4.72 Å². The second-order valence-electron chi connectivity index (χ2n) is 1.08. The van der Waals surface area contributed by atoms with Crippen LogP contribution in [0.1, 0.15) is 6.92 Å². The van der Waals surface area contributed by atoms with E-state index in [1.807, 2.05) is 6.92 Å². The van der Waals surface area contributed by atoms with Crippen molar-refractivity contribution in [1.29, 1.82) is 0 Å². The van der Waals surface area contributed by atoms with Crippen molar-refractivity contribution in [1.82, 2.24) is 4.72 Å². The maximum Gasteiger partial charge on any atom is 0.0260 e. The maximum atomic E-state index is 3.06. The Morgan fingerprint density at radius 2 is 2.67 bits per heavy atom. The van der Waals surface area contributed by atoms with Crippen LogP contribution in [0.5, 0.6) is 0 Å². The first-order valence-electron chi connectivity index (χ1n) is 1.65. The molecule has 0 radical (unpaired) electrons. The van der Waals surface area contributed by atoms with E-state index in [0.717, 1.165) is 0 Å². The molecule has 0 aromatic heterocycles. The van der Waals surface area contributed by atoms with Crippen LogP contribution >= 0.6 is 21.8 Å². The summed E-state index contributed by atoms with van der Waals surface area (Å²) < 4.78 is 3.06. The van der Waals surface area contributed by atoms with Crippen LogP contribution < -0.4 is 4.72 Å². The molecule has 34 valence electrons. The van der Waals surface area contributed by atoms with Gasteiger partial charge in [-0.1, -0.05) is 0 Å². The average Bonchev–Trinajstić information content (AvgIpc) is 1.86. The Kier molecular flexibility index (Phi) is 1.32. The Balaban J connectivity index is 2.45.